The Balaban J connectivity index is 2.01. The third-order valence-electron chi connectivity index (χ3n) is 4.07. The highest BCUT2D eigenvalue weighted by molar-refractivity contribution is 9.10. The van der Waals surface area contributed by atoms with Gasteiger partial charge in [0, 0.05) is 28.0 Å². The summed E-state index contributed by atoms with van der Waals surface area (Å²) in [6, 6.07) is 14.3. The molecule has 1 heterocycles. The van der Waals surface area contributed by atoms with Crippen molar-refractivity contribution in [2.45, 2.75) is 23.8 Å². The second-order valence-corrected chi connectivity index (χ2v) is 8.31. The van der Waals surface area contributed by atoms with E-state index in [1.54, 1.807) is 50.2 Å². The van der Waals surface area contributed by atoms with Crippen LogP contribution in [0.25, 0.3) is 0 Å². The van der Waals surface area contributed by atoms with Crippen LogP contribution in [0.2, 0.25) is 0 Å². The highest BCUT2D eigenvalue weighted by Gasteiger charge is 2.27. The first-order valence-electron chi connectivity index (χ1n) is 8.37. The van der Waals surface area contributed by atoms with E-state index in [-0.39, 0.29) is 16.8 Å². The van der Waals surface area contributed by atoms with Gasteiger partial charge < -0.3 is 15.6 Å². The van der Waals surface area contributed by atoms with Gasteiger partial charge in [-0.15, -0.1) is 0 Å². The van der Waals surface area contributed by atoms with Crippen molar-refractivity contribution in [1.29, 1.82) is 10.5 Å². The normalized spacial score (nSPS) is 11.4. The molecule has 3 rings (SSSR count). The number of nitrogens with one attached hydrogen (secondary N) is 1. The lowest BCUT2D eigenvalue weighted by molar-refractivity contribution is 0.589. The van der Waals surface area contributed by atoms with E-state index in [9.17, 15) is 4.55 Å². The molecular weight excluding hydrogens is 452 g/mol. The Morgan fingerprint density at radius 3 is 2.17 bits per heavy atom. The topological polar surface area (TPSA) is 134 Å². The van der Waals surface area contributed by atoms with Crippen molar-refractivity contribution in [2.24, 2.45) is 0 Å². The van der Waals surface area contributed by atoms with Crippen LogP contribution in [0.15, 0.2) is 50.8 Å². The van der Waals surface area contributed by atoms with Crippen LogP contribution in [0.4, 0.5) is 17.5 Å². The van der Waals surface area contributed by atoms with Crippen LogP contribution in [0.1, 0.15) is 22.3 Å². The van der Waals surface area contributed by atoms with Gasteiger partial charge in [0.2, 0.25) is 5.95 Å². The quantitative estimate of drug-likeness (QED) is 0.436. The third kappa shape index (κ3) is 4.33. The average Bonchev–Trinajstić information content (AvgIpc) is 2.70. The van der Waals surface area contributed by atoms with Crippen molar-refractivity contribution < 1.29 is 4.55 Å². The number of aromatic nitrogens is 2. The number of nitrogens with two attached hydrogens (primary N) is 1. The number of hydrogen-bond acceptors (Lipinski definition) is 7. The molecule has 2 aromatic carbocycles. The van der Waals surface area contributed by atoms with E-state index in [0.717, 1.165) is 11.1 Å². The summed E-state index contributed by atoms with van der Waals surface area (Å²) in [5.74, 6) is 0.325. The van der Waals surface area contributed by atoms with E-state index in [2.05, 4.69) is 37.3 Å². The molecule has 0 aliphatic rings. The maximum atomic E-state index is 13.3. The highest BCUT2D eigenvalue weighted by Crippen LogP contribution is 2.34. The van der Waals surface area contributed by atoms with Gasteiger partial charge >= 0.3 is 0 Å². The molecule has 0 radical (unpaired) electrons. The summed E-state index contributed by atoms with van der Waals surface area (Å²) < 4.78 is 13.7. The molecule has 0 amide bonds. The zero-order chi connectivity index (χ0) is 21.1. The van der Waals surface area contributed by atoms with Gasteiger partial charge in [0.25, 0.3) is 5.03 Å². The summed E-state index contributed by atoms with van der Waals surface area (Å²) in [4.78, 5) is 9.15. The van der Waals surface area contributed by atoms with E-state index in [0.29, 0.717) is 26.2 Å². The number of benzene rings is 2. The van der Waals surface area contributed by atoms with E-state index >= 15 is 0 Å². The van der Waals surface area contributed by atoms with E-state index in [1.165, 1.54) is 0 Å². The molecule has 3 N–H and O–H groups in total. The number of nitrogens with zero attached hydrogens (tertiary/aromatic N) is 4. The molecule has 0 bridgehead atoms. The fourth-order valence-electron chi connectivity index (χ4n) is 2.78. The molecule has 3 aromatic rings. The Labute approximate surface area is 179 Å². The number of nitriles is 2. The van der Waals surface area contributed by atoms with Crippen molar-refractivity contribution >= 4 is 44.6 Å². The minimum atomic E-state index is -1.65. The number of halogens is 1. The van der Waals surface area contributed by atoms with Crippen LogP contribution in [0.5, 0.6) is 0 Å². The zero-order valence-corrected chi connectivity index (χ0v) is 17.9. The van der Waals surface area contributed by atoms with Crippen molar-refractivity contribution in [1.82, 2.24) is 9.97 Å². The summed E-state index contributed by atoms with van der Waals surface area (Å²) in [6.07, 6.45) is 0. The van der Waals surface area contributed by atoms with Gasteiger partial charge in [-0.25, -0.2) is 0 Å². The van der Waals surface area contributed by atoms with Crippen LogP contribution in [-0.2, 0) is 11.2 Å². The Morgan fingerprint density at radius 2 is 1.62 bits per heavy atom. The lowest BCUT2D eigenvalue weighted by atomic mass is 10.1. The smallest absolute Gasteiger partial charge is 0.271 e. The Bertz CT molecular complexity index is 1140. The minimum Gasteiger partial charge on any atom is -0.605 e. The molecule has 0 saturated heterocycles. The third-order valence-corrected chi connectivity index (χ3v) is 6.77. The predicted molar refractivity (Wildman–Crippen MR) is 114 cm³/mol. The van der Waals surface area contributed by atoms with Gasteiger partial charge in [0.05, 0.1) is 23.3 Å². The fraction of sp³-hybridized carbons (Fsp3) is 0.100. The highest BCUT2D eigenvalue weighted by atomic mass is 79.9. The monoisotopic (exact) mass is 466 g/mol. The summed E-state index contributed by atoms with van der Waals surface area (Å²) in [5.41, 5.74) is 9.15. The van der Waals surface area contributed by atoms with Crippen LogP contribution in [0.3, 0.4) is 0 Å². The zero-order valence-electron chi connectivity index (χ0n) is 15.5. The van der Waals surface area contributed by atoms with Gasteiger partial charge in [-0.2, -0.15) is 20.5 Å². The van der Waals surface area contributed by atoms with Gasteiger partial charge in [-0.1, -0.05) is 0 Å². The van der Waals surface area contributed by atoms with Gasteiger partial charge in [0.1, 0.15) is 10.3 Å². The van der Waals surface area contributed by atoms with Crippen molar-refractivity contribution in [3.63, 3.8) is 0 Å². The maximum absolute atomic E-state index is 13.3. The maximum Gasteiger partial charge on any atom is 0.271 e. The molecule has 0 aliphatic carbocycles. The number of anilines is 3. The summed E-state index contributed by atoms with van der Waals surface area (Å²) in [5, 5.41) is 21.3. The summed E-state index contributed by atoms with van der Waals surface area (Å²) >= 11 is 1.69. The summed E-state index contributed by atoms with van der Waals surface area (Å²) in [6.45, 7) is 3.60. The molecule has 0 saturated carbocycles. The summed E-state index contributed by atoms with van der Waals surface area (Å²) in [7, 11) is 0. The first-order valence-corrected chi connectivity index (χ1v) is 10.3. The van der Waals surface area contributed by atoms with Crippen LogP contribution >= 0.6 is 15.9 Å². The van der Waals surface area contributed by atoms with Gasteiger partial charge in [0.15, 0.2) is 4.90 Å². The Kier molecular flexibility index (Phi) is 6.04. The van der Waals surface area contributed by atoms with E-state index < -0.39 is 11.2 Å². The minimum absolute atomic E-state index is 0.142. The second-order valence-electron chi connectivity index (χ2n) is 6.19. The molecule has 1 unspecified atom stereocenters. The lowest BCUT2D eigenvalue weighted by Crippen LogP contribution is -2.13. The van der Waals surface area contributed by atoms with Crippen molar-refractivity contribution in [2.75, 3.05) is 11.1 Å². The molecule has 0 fully saturated rings. The first-order chi connectivity index (χ1) is 13.8. The van der Waals surface area contributed by atoms with Crippen LogP contribution < -0.4 is 11.1 Å². The molecule has 9 heteroatoms. The average molecular weight is 467 g/mol. The lowest BCUT2D eigenvalue weighted by Gasteiger charge is -2.16. The van der Waals surface area contributed by atoms with Gasteiger partial charge in [-0.05, 0) is 66.2 Å². The largest absolute Gasteiger partial charge is 0.605 e. The molecule has 1 aromatic heterocycles. The predicted octanol–water partition coefficient (Wildman–Crippen LogP) is 4.09. The molecule has 0 aliphatic heterocycles. The first kappa shape index (κ1) is 20.6. The van der Waals surface area contributed by atoms with Crippen LogP contribution in [0, 0.1) is 36.5 Å². The van der Waals surface area contributed by atoms with E-state index in [4.69, 9.17) is 16.3 Å². The standard InChI is InChI=1S/C20H15BrN6OS/c1-11-7-14(10-23)8-12(2)17(11)29(28)19-16(21)18(24)26-20(27-19)25-15-5-3-13(9-22)4-6-15/h3-8H,1-2H3,(H3,24,25,26,27). The molecule has 144 valence electrons. The Hall–Kier alpha value is -3.11. The number of aryl methyl sites for hydroxylation is 2. The van der Waals surface area contributed by atoms with E-state index in [1.807, 2.05) is 6.07 Å². The van der Waals surface area contributed by atoms with Crippen molar-refractivity contribution in [3.05, 3.63) is 63.1 Å². The molecular formula is C20H15BrN6OS. The SMILES string of the molecule is Cc1cc(C#N)cc(C)c1[S+]([O-])c1nc(Nc2ccc(C#N)cc2)nc(N)c1Br. The van der Waals surface area contributed by atoms with Crippen molar-refractivity contribution in [3.8, 4) is 12.1 Å². The fourth-order valence-corrected chi connectivity index (χ4v) is 4.73. The number of hydrogen-bond donors (Lipinski definition) is 2. The number of rotatable bonds is 4. The molecule has 29 heavy (non-hydrogen) atoms. The second kappa shape index (κ2) is 8.50. The Morgan fingerprint density at radius 1 is 1.03 bits per heavy atom. The molecule has 7 nitrogen and oxygen atoms in total. The number of nitrogen functional groups attached to an aromatic ring is 1. The molecule has 0 spiro atoms. The van der Waals surface area contributed by atoms with Crippen LogP contribution in [-0.4, -0.2) is 14.5 Å². The molecule has 1 atom stereocenters. The van der Waals surface area contributed by atoms with Gasteiger partial charge in [-0.3, -0.25) is 0 Å².